The Morgan fingerprint density at radius 1 is 1.37 bits per heavy atom. The molecule has 0 aliphatic carbocycles. The van der Waals surface area contributed by atoms with Gasteiger partial charge in [0.2, 0.25) is 0 Å². The van der Waals surface area contributed by atoms with Crippen molar-refractivity contribution in [2.45, 2.75) is 26.4 Å². The van der Waals surface area contributed by atoms with E-state index in [1.807, 2.05) is 23.1 Å². The number of halogens is 1. The molecule has 0 bridgehead atoms. The summed E-state index contributed by atoms with van der Waals surface area (Å²) in [5, 5.41) is 7.67. The Labute approximate surface area is 179 Å². The Morgan fingerprint density at radius 3 is 2.93 bits per heavy atom. The summed E-state index contributed by atoms with van der Waals surface area (Å²) in [6.07, 6.45) is 4.93. The zero-order chi connectivity index (χ0) is 18.2. The molecule has 6 nitrogen and oxygen atoms in total. The fourth-order valence-electron chi connectivity index (χ4n) is 3.24. The van der Waals surface area contributed by atoms with E-state index in [9.17, 15) is 0 Å². The Hall–Kier alpha value is -1.61. The van der Waals surface area contributed by atoms with Gasteiger partial charge >= 0.3 is 0 Å². The molecule has 0 amide bonds. The maximum atomic E-state index is 5.49. The second kappa shape index (κ2) is 11.3. The van der Waals surface area contributed by atoms with Gasteiger partial charge in [0.05, 0.1) is 19.7 Å². The van der Waals surface area contributed by atoms with Gasteiger partial charge in [-0.2, -0.15) is 5.10 Å². The Bertz CT molecular complexity index is 698. The van der Waals surface area contributed by atoms with Gasteiger partial charge in [-0.15, -0.1) is 24.0 Å². The number of guanidine groups is 1. The van der Waals surface area contributed by atoms with Crippen LogP contribution in [0.15, 0.2) is 47.7 Å². The minimum atomic E-state index is 0. The predicted octanol–water partition coefficient (Wildman–Crippen LogP) is 2.98. The maximum Gasteiger partial charge on any atom is 0.193 e. The van der Waals surface area contributed by atoms with Gasteiger partial charge in [-0.1, -0.05) is 24.3 Å². The van der Waals surface area contributed by atoms with Gasteiger partial charge < -0.3 is 15.0 Å². The van der Waals surface area contributed by atoms with Crippen molar-refractivity contribution in [3.05, 3.63) is 53.9 Å². The second-order valence-corrected chi connectivity index (χ2v) is 6.80. The third kappa shape index (κ3) is 6.80. The monoisotopic (exact) mass is 483 g/mol. The van der Waals surface area contributed by atoms with Gasteiger partial charge in [0.25, 0.3) is 0 Å². The maximum absolute atomic E-state index is 5.49. The summed E-state index contributed by atoms with van der Waals surface area (Å²) in [7, 11) is 2.11. The molecule has 1 saturated heterocycles. The first kappa shape index (κ1) is 21.7. The Morgan fingerprint density at radius 2 is 2.22 bits per heavy atom. The summed E-state index contributed by atoms with van der Waals surface area (Å²) in [5.41, 5.74) is 2.45. The first-order valence-electron chi connectivity index (χ1n) is 9.37. The number of aliphatic imine (C=N–C) groups is 1. The van der Waals surface area contributed by atoms with Gasteiger partial charge in [0.15, 0.2) is 5.96 Å². The van der Waals surface area contributed by atoms with E-state index < -0.39 is 0 Å². The van der Waals surface area contributed by atoms with Crippen molar-refractivity contribution >= 4 is 29.9 Å². The minimum absolute atomic E-state index is 0. The molecule has 1 aromatic heterocycles. The normalized spacial score (nSPS) is 16.8. The largest absolute Gasteiger partial charge is 0.381 e. The molecule has 1 fully saturated rings. The van der Waals surface area contributed by atoms with Crippen LogP contribution in [0.25, 0.3) is 0 Å². The Kier molecular flexibility index (Phi) is 9.06. The molecule has 1 unspecified atom stereocenters. The van der Waals surface area contributed by atoms with Crippen LogP contribution in [0.5, 0.6) is 0 Å². The molecule has 3 rings (SSSR count). The van der Waals surface area contributed by atoms with Gasteiger partial charge in [-0.3, -0.25) is 4.68 Å². The lowest BCUT2D eigenvalue weighted by atomic mass is 10.1. The molecule has 2 heterocycles. The summed E-state index contributed by atoms with van der Waals surface area (Å²) in [4.78, 5) is 7.05. The molecule has 1 atom stereocenters. The molecular weight excluding hydrogens is 453 g/mol. The average Bonchev–Trinajstić information content (AvgIpc) is 3.33. The third-order valence-electron chi connectivity index (χ3n) is 4.56. The summed E-state index contributed by atoms with van der Waals surface area (Å²) < 4.78 is 7.42. The van der Waals surface area contributed by atoms with Crippen LogP contribution in [-0.2, 0) is 17.8 Å². The molecule has 0 saturated carbocycles. The van der Waals surface area contributed by atoms with Crippen molar-refractivity contribution in [1.82, 2.24) is 20.0 Å². The zero-order valence-corrected chi connectivity index (χ0v) is 18.5. The van der Waals surface area contributed by atoms with Crippen molar-refractivity contribution in [3.63, 3.8) is 0 Å². The third-order valence-corrected chi connectivity index (χ3v) is 4.56. The molecule has 0 spiro atoms. The van der Waals surface area contributed by atoms with Crippen LogP contribution < -0.4 is 5.32 Å². The van der Waals surface area contributed by atoms with Gasteiger partial charge in [-0.05, 0) is 30.5 Å². The van der Waals surface area contributed by atoms with E-state index in [0.29, 0.717) is 12.5 Å². The smallest absolute Gasteiger partial charge is 0.193 e. The van der Waals surface area contributed by atoms with E-state index in [1.54, 1.807) is 0 Å². The molecule has 2 aromatic rings. The molecule has 1 aliphatic heterocycles. The number of ether oxygens (including phenoxy) is 1. The van der Waals surface area contributed by atoms with Crippen LogP contribution in [-0.4, -0.2) is 54.0 Å². The van der Waals surface area contributed by atoms with Crippen LogP contribution in [0, 0.1) is 5.92 Å². The van der Waals surface area contributed by atoms with E-state index in [0.717, 1.165) is 45.2 Å². The van der Waals surface area contributed by atoms with Crippen LogP contribution in [0.4, 0.5) is 0 Å². The standard InChI is InChI=1S/C20H29N5O.HI/c1-3-21-20(24(2)14-19-8-11-26-16-19)22-13-17-6-4-7-18(12-17)15-25-10-5-9-23-25;/h4-7,9-10,12,19H,3,8,11,13-16H2,1-2H3,(H,21,22);1H. The quantitative estimate of drug-likeness (QED) is 0.374. The van der Waals surface area contributed by atoms with Crippen molar-refractivity contribution in [2.75, 3.05) is 33.4 Å². The highest BCUT2D eigenvalue weighted by Gasteiger charge is 2.19. The molecule has 1 aromatic carbocycles. The lowest BCUT2D eigenvalue weighted by molar-refractivity contribution is 0.181. The second-order valence-electron chi connectivity index (χ2n) is 6.80. The van der Waals surface area contributed by atoms with Crippen LogP contribution in [0.1, 0.15) is 24.5 Å². The summed E-state index contributed by atoms with van der Waals surface area (Å²) >= 11 is 0. The molecule has 7 heteroatoms. The van der Waals surface area contributed by atoms with Crippen molar-refractivity contribution < 1.29 is 4.74 Å². The van der Waals surface area contributed by atoms with Crippen LogP contribution in [0.2, 0.25) is 0 Å². The van der Waals surface area contributed by atoms with E-state index >= 15 is 0 Å². The molecule has 0 radical (unpaired) electrons. The summed E-state index contributed by atoms with van der Waals surface area (Å²) in [6, 6.07) is 10.5. The van der Waals surface area contributed by atoms with Crippen molar-refractivity contribution in [2.24, 2.45) is 10.9 Å². The molecular formula is C20H30IN5O. The Balaban J connectivity index is 0.00000261. The van der Waals surface area contributed by atoms with E-state index in [4.69, 9.17) is 9.73 Å². The summed E-state index contributed by atoms with van der Waals surface area (Å²) in [6.45, 7) is 7.14. The highest BCUT2D eigenvalue weighted by molar-refractivity contribution is 14.0. The first-order chi connectivity index (χ1) is 12.7. The fraction of sp³-hybridized carbons (Fsp3) is 0.500. The van der Waals surface area contributed by atoms with Crippen LogP contribution >= 0.6 is 24.0 Å². The van der Waals surface area contributed by atoms with Crippen LogP contribution in [0.3, 0.4) is 0 Å². The topological polar surface area (TPSA) is 54.7 Å². The number of aromatic nitrogens is 2. The van der Waals surface area contributed by atoms with Gasteiger partial charge in [-0.25, -0.2) is 4.99 Å². The lowest BCUT2D eigenvalue weighted by Gasteiger charge is -2.24. The highest BCUT2D eigenvalue weighted by Crippen LogP contribution is 2.14. The van der Waals surface area contributed by atoms with E-state index in [1.165, 1.54) is 11.1 Å². The zero-order valence-electron chi connectivity index (χ0n) is 16.2. The number of benzene rings is 1. The number of hydrogen-bond donors (Lipinski definition) is 1. The molecule has 1 aliphatic rings. The lowest BCUT2D eigenvalue weighted by Crippen LogP contribution is -2.41. The SMILES string of the molecule is CCNC(=NCc1cccc(Cn2cccn2)c1)N(C)CC1CCOC1.I. The average molecular weight is 483 g/mol. The number of nitrogens with zero attached hydrogens (tertiary/aromatic N) is 4. The van der Waals surface area contributed by atoms with Crippen molar-refractivity contribution in [1.29, 1.82) is 0 Å². The minimum Gasteiger partial charge on any atom is -0.381 e. The molecule has 148 valence electrons. The van der Waals surface area contributed by atoms with E-state index in [2.05, 4.69) is 53.6 Å². The highest BCUT2D eigenvalue weighted by atomic mass is 127. The van der Waals surface area contributed by atoms with Gasteiger partial charge in [0, 0.05) is 45.1 Å². The first-order valence-corrected chi connectivity index (χ1v) is 9.37. The molecule has 1 N–H and O–H groups in total. The summed E-state index contributed by atoms with van der Waals surface area (Å²) in [5.74, 6) is 1.55. The number of nitrogens with one attached hydrogen (secondary N) is 1. The predicted molar refractivity (Wildman–Crippen MR) is 120 cm³/mol. The number of hydrogen-bond acceptors (Lipinski definition) is 3. The number of rotatable bonds is 7. The fourth-order valence-corrected chi connectivity index (χ4v) is 3.24. The van der Waals surface area contributed by atoms with Gasteiger partial charge in [0.1, 0.15) is 0 Å². The van der Waals surface area contributed by atoms with Crippen molar-refractivity contribution in [3.8, 4) is 0 Å². The van der Waals surface area contributed by atoms with E-state index in [-0.39, 0.29) is 24.0 Å². The molecule has 27 heavy (non-hydrogen) atoms.